The summed E-state index contributed by atoms with van der Waals surface area (Å²) in [7, 11) is -3.61. The average Bonchev–Trinajstić information content (AvgIpc) is 2.58. The lowest BCUT2D eigenvalue weighted by molar-refractivity contribution is -0.120. The molecule has 0 saturated carbocycles. The molecule has 146 valence electrons. The molecule has 1 N–H and O–H groups in total. The van der Waals surface area contributed by atoms with E-state index in [2.05, 4.69) is 5.32 Å². The Morgan fingerprint density at radius 2 is 1.85 bits per heavy atom. The number of amides is 1. The van der Waals surface area contributed by atoms with Crippen LogP contribution >= 0.6 is 11.6 Å². The van der Waals surface area contributed by atoms with Crippen molar-refractivity contribution < 1.29 is 13.2 Å². The van der Waals surface area contributed by atoms with Crippen LogP contribution in [0.2, 0.25) is 5.02 Å². The number of carbonyl (C=O) groups excluding carboxylic acids is 1. The van der Waals surface area contributed by atoms with Crippen LogP contribution in [0.15, 0.2) is 48.5 Å². The van der Waals surface area contributed by atoms with Crippen molar-refractivity contribution in [3.05, 3.63) is 64.7 Å². The summed E-state index contributed by atoms with van der Waals surface area (Å²) < 4.78 is 25.5. The summed E-state index contributed by atoms with van der Waals surface area (Å²) >= 11 is 5.95. The van der Waals surface area contributed by atoms with Gasteiger partial charge in [0.15, 0.2) is 0 Å². The van der Waals surface area contributed by atoms with Gasteiger partial charge < -0.3 is 5.32 Å². The molecule has 0 aliphatic carbocycles. The van der Waals surface area contributed by atoms with E-state index in [0.717, 1.165) is 23.4 Å². The third-order valence-electron chi connectivity index (χ3n) is 4.23. The Hall–Kier alpha value is -2.05. The van der Waals surface area contributed by atoms with Crippen molar-refractivity contribution >= 4 is 33.2 Å². The summed E-state index contributed by atoms with van der Waals surface area (Å²) in [6.07, 6.45) is 2.70. The number of nitrogens with zero attached hydrogens (tertiary/aromatic N) is 1. The van der Waals surface area contributed by atoms with Gasteiger partial charge in [-0.2, -0.15) is 0 Å². The van der Waals surface area contributed by atoms with Crippen molar-refractivity contribution in [1.82, 2.24) is 5.32 Å². The third kappa shape index (κ3) is 6.56. The van der Waals surface area contributed by atoms with Gasteiger partial charge in [0.2, 0.25) is 15.9 Å². The van der Waals surface area contributed by atoms with Crippen LogP contribution in [0, 0.1) is 6.92 Å². The smallest absolute Gasteiger partial charge is 0.240 e. The Labute approximate surface area is 166 Å². The fraction of sp³-hybridized carbons (Fsp3) is 0.350. The van der Waals surface area contributed by atoms with Crippen LogP contribution in [0.1, 0.15) is 24.5 Å². The molecule has 0 aromatic heterocycles. The van der Waals surface area contributed by atoms with Crippen LogP contribution in [-0.2, 0) is 21.2 Å². The van der Waals surface area contributed by atoms with Gasteiger partial charge in [-0.05, 0) is 56.0 Å². The zero-order valence-electron chi connectivity index (χ0n) is 15.8. The molecule has 0 aliphatic heterocycles. The number of carbonyl (C=O) groups is 1. The number of anilines is 1. The first-order valence-electron chi connectivity index (χ1n) is 8.74. The molecule has 0 fully saturated rings. The summed E-state index contributed by atoms with van der Waals surface area (Å²) in [6, 6.07) is 14.9. The second-order valence-electron chi connectivity index (χ2n) is 6.69. The van der Waals surface area contributed by atoms with E-state index < -0.39 is 10.0 Å². The van der Waals surface area contributed by atoms with Crippen molar-refractivity contribution in [3.63, 3.8) is 0 Å². The topological polar surface area (TPSA) is 66.5 Å². The van der Waals surface area contributed by atoms with E-state index in [1.807, 2.05) is 37.3 Å². The Morgan fingerprint density at radius 3 is 2.44 bits per heavy atom. The maximum Gasteiger partial charge on any atom is 0.240 e. The van der Waals surface area contributed by atoms with Gasteiger partial charge in [-0.1, -0.05) is 41.9 Å². The number of halogens is 1. The summed E-state index contributed by atoms with van der Waals surface area (Å²) in [6.45, 7) is 3.41. The lowest BCUT2D eigenvalue weighted by Crippen LogP contribution is -2.43. The molecule has 7 heteroatoms. The number of rotatable bonds is 8. The highest BCUT2D eigenvalue weighted by Crippen LogP contribution is 2.25. The first-order chi connectivity index (χ1) is 12.7. The molecule has 0 unspecified atom stereocenters. The molecule has 0 spiro atoms. The minimum absolute atomic E-state index is 0.0644. The maximum absolute atomic E-state index is 12.4. The first-order valence-corrected chi connectivity index (χ1v) is 11.0. The molecule has 2 rings (SSSR count). The van der Waals surface area contributed by atoms with E-state index in [1.165, 1.54) is 5.56 Å². The van der Waals surface area contributed by atoms with Crippen molar-refractivity contribution in [2.24, 2.45) is 0 Å². The predicted octanol–water partition coefficient (Wildman–Crippen LogP) is 3.55. The molecular formula is C20H25ClN2O3S. The highest BCUT2D eigenvalue weighted by molar-refractivity contribution is 7.92. The number of aryl methyl sites for hydroxylation is 2. The van der Waals surface area contributed by atoms with E-state index in [-0.39, 0.29) is 18.5 Å². The fourth-order valence-electron chi connectivity index (χ4n) is 2.83. The van der Waals surface area contributed by atoms with E-state index in [1.54, 1.807) is 25.1 Å². The van der Waals surface area contributed by atoms with Crippen LogP contribution in [0.4, 0.5) is 5.69 Å². The molecule has 0 aliphatic rings. The van der Waals surface area contributed by atoms with Crippen molar-refractivity contribution in [3.8, 4) is 0 Å². The summed E-state index contributed by atoms with van der Waals surface area (Å²) in [5, 5.41) is 3.40. The molecule has 1 amide bonds. The lowest BCUT2D eigenvalue weighted by Gasteiger charge is -2.24. The van der Waals surface area contributed by atoms with Gasteiger partial charge in [0.25, 0.3) is 0 Å². The van der Waals surface area contributed by atoms with Gasteiger partial charge in [-0.25, -0.2) is 8.42 Å². The SMILES string of the molecule is Cc1cc(Cl)ccc1N(CC(=O)N[C@@H](C)CCc1ccccc1)S(C)(=O)=O. The minimum atomic E-state index is -3.61. The van der Waals surface area contributed by atoms with Crippen molar-refractivity contribution in [2.45, 2.75) is 32.7 Å². The molecule has 0 saturated heterocycles. The zero-order valence-corrected chi connectivity index (χ0v) is 17.3. The van der Waals surface area contributed by atoms with Gasteiger partial charge in [0.1, 0.15) is 6.54 Å². The van der Waals surface area contributed by atoms with Crippen molar-refractivity contribution in [2.75, 3.05) is 17.1 Å². The van der Waals surface area contributed by atoms with E-state index >= 15 is 0 Å². The highest BCUT2D eigenvalue weighted by Gasteiger charge is 2.23. The molecule has 0 heterocycles. The zero-order chi connectivity index (χ0) is 20.0. The Bertz CT molecular complexity index is 885. The maximum atomic E-state index is 12.4. The van der Waals surface area contributed by atoms with Gasteiger partial charge >= 0.3 is 0 Å². The summed E-state index contributed by atoms with van der Waals surface area (Å²) in [5.41, 5.74) is 2.35. The number of hydrogen-bond donors (Lipinski definition) is 1. The van der Waals surface area contributed by atoms with E-state index in [0.29, 0.717) is 16.3 Å². The molecular weight excluding hydrogens is 384 g/mol. The standard InChI is InChI=1S/C20H25ClN2O3S/c1-15-13-18(21)11-12-19(15)23(27(3,25)26)14-20(24)22-16(2)9-10-17-7-5-4-6-8-17/h4-8,11-13,16H,9-10,14H2,1-3H3,(H,22,24)/t16-/m0/s1. The van der Waals surface area contributed by atoms with Crippen molar-refractivity contribution in [1.29, 1.82) is 0 Å². The second kappa shape index (κ2) is 9.24. The normalized spacial score (nSPS) is 12.4. The first kappa shape index (κ1) is 21.3. The summed E-state index contributed by atoms with van der Waals surface area (Å²) in [5.74, 6) is -0.338. The van der Waals surface area contributed by atoms with Crippen LogP contribution < -0.4 is 9.62 Å². The fourth-order valence-corrected chi connectivity index (χ4v) is 3.97. The predicted molar refractivity (Wildman–Crippen MR) is 111 cm³/mol. The van der Waals surface area contributed by atoms with E-state index in [9.17, 15) is 13.2 Å². The average molecular weight is 409 g/mol. The lowest BCUT2D eigenvalue weighted by atomic mass is 10.1. The largest absolute Gasteiger partial charge is 0.352 e. The number of sulfonamides is 1. The molecule has 2 aromatic rings. The van der Waals surface area contributed by atoms with Gasteiger partial charge in [0.05, 0.1) is 11.9 Å². The van der Waals surface area contributed by atoms with Gasteiger partial charge in [0, 0.05) is 11.1 Å². The minimum Gasteiger partial charge on any atom is -0.352 e. The van der Waals surface area contributed by atoms with Crippen LogP contribution in [-0.4, -0.2) is 33.2 Å². The van der Waals surface area contributed by atoms with Gasteiger partial charge in [-0.3, -0.25) is 9.10 Å². The monoisotopic (exact) mass is 408 g/mol. The van der Waals surface area contributed by atoms with Crippen LogP contribution in [0.3, 0.4) is 0 Å². The molecule has 1 atom stereocenters. The van der Waals surface area contributed by atoms with E-state index in [4.69, 9.17) is 11.6 Å². The van der Waals surface area contributed by atoms with Crippen LogP contribution in [0.5, 0.6) is 0 Å². The highest BCUT2D eigenvalue weighted by atomic mass is 35.5. The Kier molecular flexibility index (Phi) is 7.27. The number of benzene rings is 2. The van der Waals surface area contributed by atoms with Gasteiger partial charge in [-0.15, -0.1) is 0 Å². The Balaban J connectivity index is 2.01. The second-order valence-corrected chi connectivity index (χ2v) is 9.04. The third-order valence-corrected chi connectivity index (χ3v) is 5.59. The molecule has 0 radical (unpaired) electrons. The quantitative estimate of drug-likeness (QED) is 0.726. The number of hydrogen-bond acceptors (Lipinski definition) is 3. The molecule has 5 nitrogen and oxygen atoms in total. The Morgan fingerprint density at radius 1 is 1.19 bits per heavy atom. The number of nitrogens with one attached hydrogen (secondary N) is 1. The molecule has 0 bridgehead atoms. The molecule has 27 heavy (non-hydrogen) atoms. The summed E-state index contributed by atoms with van der Waals surface area (Å²) in [4.78, 5) is 12.4. The molecule has 2 aromatic carbocycles. The van der Waals surface area contributed by atoms with Crippen LogP contribution in [0.25, 0.3) is 0 Å².